The minimum absolute atomic E-state index is 0.0547. The number of halogens is 1. The number of hydrogen-bond donors (Lipinski definition) is 1. The number of rotatable bonds is 9. The van der Waals surface area contributed by atoms with Crippen LogP contribution in [0.2, 0.25) is 0 Å². The van der Waals surface area contributed by atoms with Gasteiger partial charge in [0.2, 0.25) is 5.91 Å². The van der Waals surface area contributed by atoms with Crippen molar-refractivity contribution in [3.05, 3.63) is 66.0 Å². The molecule has 2 aromatic carbocycles. The van der Waals surface area contributed by atoms with E-state index in [1.165, 1.54) is 16.5 Å². The van der Waals surface area contributed by atoms with Crippen LogP contribution in [0.25, 0.3) is 0 Å². The van der Waals surface area contributed by atoms with Crippen LogP contribution in [0.3, 0.4) is 0 Å². The summed E-state index contributed by atoms with van der Waals surface area (Å²) in [6.45, 7) is 1.51. The molecule has 29 heavy (non-hydrogen) atoms. The second-order valence-electron chi connectivity index (χ2n) is 6.79. The van der Waals surface area contributed by atoms with Gasteiger partial charge in [-0.1, -0.05) is 42.5 Å². The molecule has 0 saturated heterocycles. The lowest BCUT2D eigenvalue weighted by Gasteiger charge is -2.23. The van der Waals surface area contributed by atoms with Crippen LogP contribution >= 0.6 is 0 Å². The molecule has 1 amide bonds. The van der Waals surface area contributed by atoms with Crippen molar-refractivity contribution in [2.24, 2.45) is 4.99 Å². The van der Waals surface area contributed by atoms with Crippen molar-refractivity contribution in [3.63, 3.8) is 0 Å². The first-order valence-corrected chi connectivity index (χ1v) is 9.58. The molecule has 0 aliphatic rings. The van der Waals surface area contributed by atoms with Crippen molar-refractivity contribution in [2.75, 3.05) is 47.4 Å². The molecule has 0 aliphatic carbocycles. The highest BCUT2D eigenvalue weighted by molar-refractivity contribution is 5.84. The maximum absolute atomic E-state index is 13.7. The van der Waals surface area contributed by atoms with Crippen LogP contribution < -0.4 is 10.1 Å². The molecule has 7 heteroatoms. The van der Waals surface area contributed by atoms with Crippen molar-refractivity contribution < 1.29 is 13.9 Å². The molecular weight excluding hydrogens is 371 g/mol. The molecule has 0 fully saturated rings. The van der Waals surface area contributed by atoms with Crippen molar-refractivity contribution in [1.82, 2.24) is 15.1 Å². The number of guanidine groups is 1. The van der Waals surface area contributed by atoms with E-state index in [0.29, 0.717) is 25.7 Å². The van der Waals surface area contributed by atoms with E-state index < -0.39 is 0 Å². The second-order valence-corrected chi connectivity index (χ2v) is 6.79. The normalized spacial score (nSPS) is 11.1. The number of amides is 1. The highest BCUT2D eigenvalue weighted by Crippen LogP contribution is 2.15. The summed E-state index contributed by atoms with van der Waals surface area (Å²) in [6.07, 6.45) is 0.834. The Labute approximate surface area is 172 Å². The van der Waals surface area contributed by atoms with Crippen LogP contribution in [-0.4, -0.2) is 69.1 Å². The third-order valence-corrected chi connectivity index (χ3v) is 4.28. The van der Waals surface area contributed by atoms with Gasteiger partial charge in [-0.2, -0.15) is 0 Å². The zero-order chi connectivity index (χ0) is 21.1. The Bertz CT molecular complexity index is 796. The van der Waals surface area contributed by atoms with E-state index in [2.05, 4.69) is 22.4 Å². The van der Waals surface area contributed by atoms with Gasteiger partial charge in [0, 0.05) is 27.7 Å². The van der Waals surface area contributed by atoms with E-state index in [0.717, 1.165) is 6.42 Å². The molecule has 0 aliphatic heterocycles. The van der Waals surface area contributed by atoms with Crippen LogP contribution in [0, 0.1) is 5.82 Å². The third-order valence-electron chi connectivity index (χ3n) is 4.28. The lowest BCUT2D eigenvalue weighted by Crippen LogP contribution is -2.42. The van der Waals surface area contributed by atoms with Gasteiger partial charge in [0.25, 0.3) is 0 Å². The van der Waals surface area contributed by atoms with Gasteiger partial charge in [0.15, 0.2) is 17.5 Å². The molecule has 0 unspecified atom stereocenters. The molecule has 0 heterocycles. The first-order chi connectivity index (χ1) is 14.0. The van der Waals surface area contributed by atoms with Crippen LogP contribution in [-0.2, 0) is 11.2 Å². The molecule has 0 saturated carbocycles. The molecule has 0 radical (unpaired) electrons. The Balaban J connectivity index is 1.92. The Morgan fingerprint density at radius 1 is 1.07 bits per heavy atom. The van der Waals surface area contributed by atoms with Gasteiger partial charge < -0.3 is 19.9 Å². The molecule has 1 N–H and O–H groups in total. The predicted molar refractivity (Wildman–Crippen MR) is 114 cm³/mol. The van der Waals surface area contributed by atoms with Crippen LogP contribution in [0.1, 0.15) is 5.56 Å². The maximum atomic E-state index is 13.7. The summed E-state index contributed by atoms with van der Waals surface area (Å²) in [5, 5.41) is 3.30. The summed E-state index contributed by atoms with van der Waals surface area (Å²) < 4.78 is 19.2. The van der Waals surface area contributed by atoms with E-state index in [4.69, 9.17) is 4.74 Å². The number of nitrogens with one attached hydrogen (secondary N) is 1. The van der Waals surface area contributed by atoms with Crippen molar-refractivity contribution in [3.8, 4) is 5.75 Å². The Morgan fingerprint density at radius 2 is 1.76 bits per heavy atom. The zero-order valence-corrected chi connectivity index (χ0v) is 17.3. The number of hydrogen-bond acceptors (Lipinski definition) is 3. The SMILES string of the molecule is CN(C)C(=O)CN=C(NCCc1ccccc1)N(C)CCOc1ccccc1F. The highest BCUT2D eigenvalue weighted by atomic mass is 19.1. The van der Waals surface area contributed by atoms with E-state index in [9.17, 15) is 9.18 Å². The number of ether oxygens (including phenoxy) is 1. The molecule has 0 aromatic heterocycles. The number of carbonyl (C=O) groups excluding carboxylic acids is 1. The minimum atomic E-state index is -0.387. The summed E-state index contributed by atoms with van der Waals surface area (Å²) in [5.41, 5.74) is 1.22. The van der Waals surface area contributed by atoms with E-state index >= 15 is 0 Å². The largest absolute Gasteiger partial charge is 0.489 e. The standard InChI is InChI=1S/C22H29FN4O2/c1-26(2)21(28)17-25-22(24-14-13-18-9-5-4-6-10-18)27(3)15-16-29-20-12-8-7-11-19(20)23/h4-12H,13-17H2,1-3H3,(H,24,25). The fourth-order valence-electron chi connectivity index (χ4n) is 2.52. The van der Waals surface area contributed by atoms with Gasteiger partial charge in [0.05, 0.1) is 6.54 Å². The van der Waals surface area contributed by atoms with Gasteiger partial charge in [0.1, 0.15) is 13.2 Å². The number of benzene rings is 2. The number of aliphatic imine (C=N–C) groups is 1. The van der Waals surface area contributed by atoms with Crippen LogP contribution in [0.5, 0.6) is 5.75 Å². The summed E-state index contributed by atoms with van der Waals surface area (Å²) in [4.78, 5) is 19.7. The topological polar surface area (TPSA) is 57.2 Å². The molecule has 156 valence electrons. The summed E-state index contributed by atoms with van der Waals surface area (Å²) in [7, 11) is 5.26. The van der Waals surface area contributed by atoms with E-state index in [-0.39, 0.29) is 24.0 Å². The fourth-order valence-corrected chi connectivity index (χ4v) is 2.52. The van der Waals surface area contributed by atoms with Gasteiger partial charge in [-0.15, -0.1) is 0 Å². The Morgan fingerprint density at radius 3 is 2.45 bits per heavy atom. The minimum Gasteiger partial charge on any atom is -0.489 e. The van der Waals surface area contributed by atoms with Crippen LogP contribution in [0.15, 0.2) is 59.6 Å². The average molecular weight is 400 g/mol. The first-order valence-electron chi connectivity index (χ1n) is 9.58. The first kappa shape index (κ1) is 22.2. The number of para-hydroxylation sites is 1. The number of likely N-dealkylation sites (N-methyl/N-ethyl adjacent to an activating group) is 2. The molecule has 0 atom stereocenters. The Kier molecular flexibility index (Phi) is 8.95. The van der Waals surface area contributed by atoms with Gasteiger partial charge in [-0.25, -0.2) is 9.38 Å². The van der Waals surface area contributed by atoms with Crippen molar-refractivity contribution in [2.45, 2.75) is 6.42 Å². The quantitative estimate of drug-likeness (QED) is 0.519. The molecule has 0 spiro atoms. The molecule has 2 rings (SSSR count). The molecule has 2 aromatic rings. The number of carbonyl (C=O) groups is 1. The lowest BCUT2D eigenvalue weighted by atomic mass is 10.1. The van der Waals surface area contributed by atoms with Crippen molar-refractivity contribution >= 4 is 11.9 Å². The number of nitrogens with zero attached hydrogens (tertiary/aromatic N) is 3. The van der Waals surface area contributed by atoms with Crippen molar-refractivity contribution in [1.29, 1.82) is 0 Å². The fraction of sp³-hybridized carbons (Fsp3) is 0.364. The lowest BCUT2D eigenvalue weighted by molar-refractivity contribution is -0.127. The van der Waals surface area contributed by atoms with E-state index in [1.807, 2.05) is 30.1 Å². The van der Waals surface area contributed by atoms with Gasteiger partial charge in [-0.3, -0.25) is 4.79 Å². The second kappa shape index (κ2) is 11.7. The van der Waals surface area contributed by atoms with E-state index in [1.54, 1.807) is 32.3 Å². The smallest absolute Gasteiger partial charge is 0.243 e. The third kappa shape index (κ3) is 7.81. The molecule has 6 nitrogen and oxygen atoms in total. The summed E-state index contributed by atoms with van der Waals surface area (Å²) >= 11 is 0. The monoisotopic (exact) mass is 400 g/mol. The maximum Gasteiger partial charge on any atom is 0.243 e. The molecule has 0 bridgehead atoms. The zero-order valence-electron chi connectivity index (χ0n) is 17.3. The van der Waals surface area contributed by atoms with Crippen LogP contribution in [0.4, 0.5) is 4.39 Å². The Hall–Kier alpha value is -3.09. The van der Waals surface area contributed by atoms with Gasteiger partial charge >= 0.3 is 0 Å². The predicted octanol–water partition coefficient (Wildman–Crippen LogP) is 2.41. The van der Waals surface area contributed by atoms with Gasteiger partial charge in [-0.05, 0) is 24.1 Å². The summed E-state index contributed by atoms with van der Waals surface area (Å²) in [6, 6.07) is 16.4. The average Bonchev–Trinajstić information content (AvgIpc) is 2.72. The highest BCUT2D eigenvalue weighted by Gasteiger charge is 2.10. The molecular formula is C22H29FN4O2. The summed E-state index contributed by atoms with van der Waals surface area (Å²) in [5.74, 6) is 0.359.